The van der Waals surface area contributed by atoms with Gasteiger partial charge < -0.3 is 5.11 Å². The summed E-state index contributed by atoms with van der Waals surface area (Å²) >= 11 is 0. The SMILES string of the molecule is CCCCCCCCCCC[C@@H](O)CC([NH])=O. The Morgan fingerprint density at radius 2 is 1.47 bits per heavy atom. The van der Waals surface area contributed by atoms with Crippen LogP contribution in [0.25, 0.3) is 0 Å². The first-order chi connectivity index (χ1) is 8.16. The molecule has 0 aromatic heterocycles. The maximum Gasteiger partial charge on any atom is 0.240 e. The van der Waals surface area contributed by atoms with Gasteiger partial charge in [-0.1, -0.05) is 64.7 Å². The van der Waals surface area contributed by atoms with Crippen molar-refractivity contribution < 1.29 is 9.90 Å². The van der Waals surface area contributed by atoms with Crippen LogP contribution >= 0.6 is 0 Å². The van der Waals surface area contributed by atoms with Crippen molar-refractivity contribution in [1.29, 1.82) is 0 Å². The average Bonchev–Trinajstić information content (AvgIpc) is 2.26. The van der Waals surface area contributed by atoms with Crippen molar-refractivity contribution in [2.24, 2.45) is 0 Å². The predicted octanol–water partition coefficient (Wildman–Crippen LogP) is 3.47. The first-order valence-electron chi connectivity index (χ1n) is 7.09. The lowest BCUT2D eigenvalue weighted by Gasteiger charge is -2.07. The topological polar surface area (TPSA) is 61.1 Å². The van der Waals surface area contributed by atoms with Crippen LogP contribution < -0.4 is 5.73 Å². The van der Waals surface area contributed by atoms with E-state index in [-0.39, 0.29) is 6.42 Å². The lowest BCUT2D eigenvalue weighted by molar-refractivity contribution is -0.120. The first-order valence-corrected chi connectivity index (χ1v) is 7.09. The van der Waals surface area contributed by atoms with E-state index in [2.05, 4.69) is 6.92 Å². The third kappa shape index (κ3) is 13.4. The van der Waals surface area contributed by atoms with E-state index in [0.29, 0.717) is 6.42 Å². The highest BCUT2D eigenvalue weighted by atomic mass is 16.3. The van der Waals surface area contributed by atoms with Crippen LogP contribution in [0.2, 0.25) is 0 Å². The van der Waals surface area contributed by atoms with Gasteiger partial charge in [0, 0.05) is 0 Å². The molecule has 0 saturated carbocycles. The third-order valence-corrected chi connectivity index (χ3v) is 3.06. The fraction of sp³-hybridized carbons (Fsp3) is 0.929. The molecule has 0 spiro atoms. The summed E-state index contributed by atoms with van der Waals surface area (Å²) in [6, 6.07) is 0. The zero-order chi connectivity index (χ0) is 12.9. The molecule has 0 aliphatic heterocycles. The largest absolute Gasteiger partial charge is 0.393 e. The minimum absolute atomic E-state index is 0.00296. The van der Waals surface area contributed by atoms with Gasteiger partial charge in [-0.3, -0.25) is 10.5 Å². The van der Waals surface area contributed by atoms with Gasteiger partial charge in [-0.2, -0.15) is 0 Å². The fourth-order valence-electron chi connectivity index (χ4n) is 2.01. The smallest absolute Gasteiger partial charge is 0.240 e. The van der Waals surface area contributed by atoms with Gasteiger partial charge in [-0.05, 0) is 6.42 Å². The molecule has 0 aliphatic rings. The summed E-state index contributed by atoms with van der Waals surface area (Å²) < 4.78 is 0. The predicted molar refractivity (Wildman–Crippen MR) is 70.6 cm³/mol. The van der Waals surface area contributed by atoms with Gasteiger partial charge in [0.15, 0.2) is 0 Å². The van der Waals surface area contributed by atoms with E-state index < -0.39 is 12.0 Å². The molecule has 0 heterocycles. The number of hydrogen-bond donors (Lipinski definition) is 1. The van der Waals surface area contributed by atoms with Crippen molar-refractivity contribution >= 4 is 5.91 Å². The highest BCUT2D eigenvalue weighted by molar-refractivity contribution is 5.73. The fourth-order valence-corrected chi connectivity index (χ4v) is 2.01. The van der Waals surface area contributed by atoms with Crippen molar-refractivity contribution in [3.8, 4) is 0 Å². The highest BCUT2D eigenvalue weighted by Crippen LogP contribution is 2.12. The summed E-state index contributed by atoms with van der Waals surface area (Å²) in [6.07, 6.45) is 11.4. The summed E-state index contributed by atoms with van der Waals surface area (Å²) in [5.41, 5.74) is 6.74. The van der Waals surface area contributed by atoms with E-state index in [0.717, 1.165) is 12.8 Å². The van der Waals surface area contributed by atoms with Crippen LogP contribution in [0.15, 0.2) is 0 Å². The maximum absolute atomic E-state index is 10.4. The van der Waals surface area contributed by atoms with Crippen molar-refractivity contribution in [2.45, 2.75) is 83.7 Å². The number of aliphatic hydroxyl groups excluding tert-OH is 1. The molecule has 0 aliphatic carbocycles. The Bertz CT molecular complexity index is 183. The maximum atomic E-state index is 10.4. The van der Waals surface area contributed by atoms with E-state index in [9.17, 15) is 9.90 Å². The van der Waals surface area contributed by atoms with E-state index in [1.54, 1.807) is 0 Å². The van der Waals surface area contributed by atoms with Crippen LogP contribution in [0, 0.1) is 0 Å². The van der Waals surface area contributed by atoms with Crippen molar-refractivity contribution in [3.63, 3.8) is 0 Å². The van der Waals surface area contributed by atoms with Crippen LogP contribution in [-0.2, 0) is 4.79 Å². The lowest BCUT2D eigenvalue weighted by atomic mass is 10.0. The number of carbonyl (C=O) groups is 1. The summed E-state index contributed by atoms with van der Waals surface area (Å²) in [5.74, 6) is -0.659. The van der Waals surface area contributed by atoms with Crippen LogP contribution in [0.1, 0.15) is 77.6 Å². The van der Waals surface area contributed by atoms with Crippen molar-refractivity contribution in [2.75, 3.05) is 0 Å². The summed E-state index contributed by atoms with van der Waals surface area (Å²) in [6.45, 7) is 2.23. The van der Waals surface area contributed by atoms with E-state index >= 15 is 0 Å². The van der Waals surface area contributed by atoms with Crippen molar-refractivity contribution in [1.82, 2.24) is 5.73 Å². The Morgan fingerprint density at radius 1 is 1.00 bits per heavy atom. The molecule has 2 N–H and O–H groups in total. The summed E-state index contributed by atoms with van der Waals surface area (Å²) in [7, 11) is 0. The second-order valence-corrected chi connectivity index (χ2v) is 4.90. The van der Waals surface area contributed by atoms with E-state index in [1.165, 1.54) is 44.9 Å². The lowest BCUT2D eigenvalue weighted by Crippen LogP contribution is -2.13. The summed E-state index contributed by atoms with van der Waals surface area (Å²) in [5, 5.41) is 9.38. The average molecular weight is 242 g/mol. The Morgan fingerprint density at radius 3 is 1.94 bits per heavy atom. The molecule has 0 aromatic rings. The standard InChI is InChI=1S/C14H28NO2/c1-2-3-4-5-6-7-8-9-10-11-13(16)12-14(15)17/h13,15-16H,2-12H2,1H3/t13-/m1/s1. The molecule has 1 radical (unpaired) electrons. The molecule has 3 heteroatoms. The number of nitrogens with one attached hydrogen (secondary N) is 1. The minimum atomic E-state index is -0.659. The molecule has 0 aromatic carbocycles. The number of unbranched alkanes of at least 4 members (excludes halogenated alkanes) is 8. The van der Waals surface area contributed by atoms with Gasteiger partial charge in [0.1, 0.15) is 0 Å². The molecular formula is C14H28NO2. The van der Waals surface area contributed by atoms with Crippen LogP contribution in [0.3, 0.4) is 0 Å². The van der Waals surface area contributed by atoms with Crippen molar-refractivity contribution in [3.05, 3.63) is 0 Å². The molecule has 101 valence electrons. The van der Waals surface area contributed by atoms with Gasteiger partial charge >= 0.3 is 0 Å². The zero-order valence-corrected chi connectivity index (χ0v) is 11.2. The van der Waals surface area contributed by atoms with E-state index in [4.69, 9.17) is 5.73 Å². The molecule has 3 nitrogen and oxygen atoms in total. The Hall–Kier alpha value is -0.570. The molecule has 0 bridgehead atoms. The monoisotopic (exact) mass is 242 g/mol. The highest BCUT2D eigenvalue weighted by Gasteiger charge is 2.07. The van der Waals surface area contributed by atoms with Gasteiger partial charge in [-0.25, -0.2) is 0 Å². The number of aliphatic hydroxyl groups is 1. The molecule has 1 amide bonds. The third-order valence-electron chi connectivity index (χ3n) is 3.06. The summed E-state index contributed by atoms with van der Waals surface area (Å²) in [4.78, 5) is 10.4. The number of hydrogen-bond acceptors (Lipinski definition) is 2. The number of amides is 1. The second kappa shape index (κ2) is 11.9. The second-order valence-electron chi connectivity index (χ2n) is 4.90. The van der Waals surface area contributed by atoms with Crippen LogP contribution in [0.4, 0.5) is 0 Å². The Kier molecular flexibility index (Phi) is 11.5. The van der Waals surface area contributed by atoms with Gasteiger partial charge in [0.05, 0.1) is 12.5 Å². The Labute approximate surface area is 106 Å². The van der Waals surface area contributed by atoms with E-state index in [1.807, 2.05) is 0 Å². The molecule has 1 atom stereocenters. The first kappa shape index (κ1) is 16.4. The number of carbonyl (C=O) groups excluding carboxylic acids is 1. The molecule has 17 heavy (non-hydrogen) atoms. The van der Waals surface area contributed by atoms with Crippen LogP contribution in [-0.4, -0.2) is 17.1 Å². The molecular weight excluding hydrogens is 214 g/mol. The van der Waals surface area contributed by atoms with Gasteiger partial charge in [0.25, 0.3) is 0 Å². The molecule has 0 rings (SSSR count). The van der Waals surface area contributed by atoms with Gasteiger partial charge in [0.2, 0.25) is 5.91 Å². The minimum Gasteiger partial charge on any atom is -0.393 e. The normalized spacial score (nSPS) is 12.6. The molecule has 0 saturated heterocycles. The Balaban J connectivity index is 3.10. The zero-order valence-electron chi connectivity index (χ0n) is 11.2. The quantitative estimate of drug-likeness (QED) is 0.533. The molecule has 0 unspecified atom stereocenters. The van der Waals surface area contributed by atoms with Crippen LogP contribution in [0.5, 0.6) is 0 Å². The number of rotatable bonds is 12. The molecule has 0 fully saturated rings. The van der Waals surface area contributed by atoms with Gasteiger partial charge in [-0.15, -0.1) is 0 Å².